The molecule has 10 nitrogen and oxygen atoms in total. The maximum absolute atomic E-state index is 11.2. The van der Waals surface area contributed by atoms with Crippen LogP contribution in [0.25, 0.3) is 0 Å². The van der Waals surface area contributed by atoms with Gasteiger partial charge in [-0.2, -0.15) is 0 Å². The van der Waals surface area contributed by atoms with E-state index in [1.165, 1.54) is 23.3 Å². The second-order valence-electron chi connectivity index (χ2n) is 19.5. The Morgan fingerprint density at radius 2 is 0.987 bits per heavy atom. The van der Waals surface area contributed by atoms with Crippen molar-refractivity contribution in [3.8, 4) is 34.8 Å². The summed E-state index contributed by atoms with van der Waals surface area (Å²) in [6.07, 6.45) is 17.6. The van der Waals surface area contributed by atoms with Gasteiger partial charge in [-0.1, -0.05) is 165 Å². The van der Waals surface area contributed by atoms with Gasteiger partial charge in [0.05, 0.1) is 45.2 Å². The van der Waals surface area contributed by atoms with Gasteiger partial charge >= 0.3 is 16.5 Å². The van der Waals surface area contributed by atoms with E-state index in [0.29, 0.717) is 11.1 Å². The monoisotopic (exact) mass is 1110 g/mol. The number of hydrogen-bond donors (Lipinski definition) is 4. The van der Waals surface area contributed by atoms with Crippen LogP contribution in [0.3, 0.4) is 0 Å². The van der Waals surface area contributed by atoms with E-state index in [4.69, 9.17) is 9.98 Å². The number of aryl methyl sites for hydroxylation is 2. The van der Waals surface area contributed by atoms with Crippen molar-refractivity contribution < 1.29 is 56.7 Å². The summed E-state index contributed by atoms with van der Waals surface area (Å²) in [6.45, 7) is 24.9. The Balaban J connectivity index is 0.000000605. The number of hydrogen-bond acceptors (Lipinski definition) is 10. The van der Waals surface area contributed by atoms with E-state index in [1.54, 1.807) is 13.8 Å². The normalized spacial score (nSPS) is 11.8. The van der Waals surface area contributed by atoms with Gasteiger partial charge in [0.1, 0.15) is 5.71 Å². The third-order valence-electron chi connectivity index (χ3n) is 15.1. The van der Waals surface area contributed by atoms with Crippen molar-refractivity contribution in [2.45, 2.75) is 189 Å². The van der Waals surface area contributed by atoms with E-state index in [-0.39, 0.29) is 39.1 Å². The number of aliphatic imine (C=N–C) groups is 2. The molecule has 13 heteroatoms. The fourth-order valence-electron chi connectivity index (χ4n) is 9.29. The van der Waals surface area contributed by atoms with Gasteiger partial charge in [-0.05, 0) is 148 Å². The SMILES string of the molecule is CC=CCCc1ccccc1N=C(C#CCCC)C(CCCC)=Nc1ccccc1CCC=CC.CC[Si](CC)(CC)Cc1cc(O)c(O)c(C(=O)[O-])c1C.CC[Si](CC)(CC)Cc1cc(O)c(O)c(C(=O)[O-])c1C.[Ni+2]. The number of unbranched alkanes of at least 4 members (excludes halogenated alkanes) is 2. The number of aromatic carboxylic acids is 2. The van der Waals surface area contributed by atoms with Crippen LogP contribution in [0.1, 0.15) is 168 Å². The number of para-hydroxylation sites is 2. The molecular weight excluding hydrogens is 1030 g/mol. The zero-order chi connectivity index (χ0) is 56.1. The van der Waals surface area contributed by atoms with Crippen molar-refractivity contribution in [2.75, 3.05) is 0 Å². The molecule has 0 aromatic heterocycles. The summed E-state index contributed by atoms with van der Waals surface area (Å²) >= 11 is 0. The zero-order valence-corrected chi connectivity index (χ0v) is 50.7. The van der Waals surface area contributed by atoms with Crippen LogP contribution in [0.15, 0.2) is 95.0 Å². The largest absolute Gasteiger partial charge is 2.00 e. The number of carbonyl (C=O) groups is 2. The first-order valence-corrected chi connectivity index (χ1v) is 33.1. The van der Waals surface area contributed by atoms with Crippen molar-refractivity contribution >= 4 is 50.9 Å². The number of benzene rings is 4. The van der Waals surface area contributed by atoms with Crippen LogP contribution < -0.4 is 10.2 Å². The van der Waals surface area contributed by atoms with Gasteiger partial charge in [0, 0.05) is 17.5 Å². The summed E-state index contributed by atoms with van der Waals surface area (Å²) in [6, 6.07) is 28.2. The number of phenolic OH excluding ortho intramolecular Hbond substituents is 2. The summed E-state index contributed by atoms with van der Waals surface area (Å²) in [5.74, 6) is 1.91. The minimum absolute atomic E-state index is 0. The smallest absolute Gasteiger partial charge is 0.545 e. The first-order valence-electron chi connectivity index (χ1n) is 27.4. The van der Waals surface area contributed by atoms with Crippen molar-refractivity contribution in [3.05, 3.63) is 129 Å². The molecule has 4 N–H and O–H groups in total. The van der Waals surface area contributed by atoms with Crippen LogP contribution in [-0.4, -0.2) is 59.9 Å². The van der Waals surface area contributed by atoms with Crippen LogP contribution in [-0.2, 0) is 41.4 Å². The van der Waals surface area contributed by atoms with Crippen LogP contribution >= 0.6 is 0 Å². The van der Waals surface area contributed by atoms with Crippen LogP contribution in [0.2, 0.25) is 36.3 Å². The minimum atomic E-state index is -1.49. The third-order valence-corrected chi connectivity index (χ3v) is 26.3. The van der Waals surface area contributed by atoms with Crippen molar-refractivity contribution in [2.24, 2.45) is 9.98 Å². The predicted molar refractivity (Wildman–Crippen MR) is 315 cm³/mol. The molecule has 4 rings (SSSR count). The molecular formula is C63H88N2NiO8Si2. The Kier molecular flexibility index (Phi) is 32.0. The molecule has 0 amide bonds. The fourth-order valence-corrected chi connectivity index (χ4v) is 16.1. The van der Waals surface area contributed by atoms with E-state index in [1.807, 2.05) is 0 Å². The maximum Gasteiger partial charge on any atom is 2.00 e. The summed E-state index contributed by atoms with van der Waals surface area (Å²) in [5.41, 5.74) is 8.45. The molecule has 0 saturated carbocycles. The van der Waals surface area contributed by atoms with Crippen LogP contribution in [0.5, 0.6) is 23.0 Å². The van der Waals surface area contributed by atoms with E-state index in [2.05, 4.69) is 154 Å². The Bertz CT molecular complexity index is 2550. The van der Waals surface area contributed by atoms with Gasteiger partial charge in [0.15, 0.2) is 23.0 Å². The van der Waals surface area contributed by atoms with Crippen molar-refractivity contribution in [1.29, 1.82) is 0 Å². The van der Waals surface area contributed by atoms with Gasteiger partial charge in [-0.3, -0.25) is 4.99 Å². The second kappa shape index (κ2) is 35.6. The maximum atomic E-state index is 11.2. The van der Waals surface area contributed by atoms with Gasteiger partial charge in [-0.25, -0.2) is 4.99 Å². The summed E-state index contributed by atoms with van der Waals surface area (Å²) in [7, 11) is -2.99. The van der Waals surface area contributed by atoms with Gasteiger partial charge in [-0.15, -0.1) is 0 Å². The number of rotatable bonds is 25. The second-order valence-corrected chi connectivity index (χ2v) is 30.5. The molecule has 4 aromatic carbocycles. The Hall–Kier alpha value is -5.67. The molecule has 0 radical (unpaired) electrons. The number of carboxylic acids is 2. The molecule has 0 aliphatic rings. The number of aromatic hydroxyl groups is 4. The summed E-state index contributed by atoms with van der Waals surface area (Å²) in [4.78, 5) is 32.6. The molecule has 0 aliphatic carbocycles. The number of carbonyl (C=O) groups excluding carboxylic acids is 2. The average molecular weight is 1120 g/mol. The first-order chi connectivity index (χ1) is 35.9. The molecule has 0 fully saturated rings. The number of phenols is 4. The molecule has 0 saturated heterocycles. The van der Waals surface area contributed by atoms with Gasteiger partial charge in [0.25, 0.3) is 0 Å². The molecule has 0 atom stereocenters. The summed E-state index contributed by atoms with van der Waals surface area (Å²) in [5, 5.41) is 61.2. The van der Waals surface area contributed by atoms with Gasteiger partial charge in [0.2, 0.25) is 0 Å². The van der Waals surface area contributed by atoms with Gasteiger partial charge < -0.3 is 40.2 Å². The molecule has 0 aliphatic heterocycles. The Morgan fingerprint density at radius 3 is 1.34 bits per heavy atom. The number of carboxylic acid groups (broad SMARTS) is 2. The van der Waals surface area contributed by atoms with Crippen molar-refractivity contribution in [3.63, 3.8) is 0 Å². The van der Waals surface area contributed by atoms with Crippen LogP contribution in [0, 0.1) is 25.7 Å². The molecule has 0 spiro atoms. The predicted octanol–water partition coefficient (Wildman–Crippen LogP) is 14.3. The van der Waals surface area contributed by atoms with Crippen molar-refractivity contribution in [1.82, 2.24) is 0 Å². The van der Waals surface area contributed by atoms with E-state index in [9.17, 15) is 40.2 Å². The topological polar surface area (TPSA) is 186 Å². The molecule has 0 heterocycles. The molecule has 76 heavy (non-hydrogen) atoms. The molecule has 416 valence electrons. The first kappa shape index (κ1) is 68.3. The fraction of sp³-hybridized carbons (Fsp3) is 0.460. The van der Waals surface area contributed by atoms with E-state index >= 15 is 0 Å². The molecule has 4 aromatic rings. The van der Waals surface area contributed by atoms with Crippen LogP contribution in [0.4, 0.5) is 11.4 Å². The number of allylic oxidation sites excluding steroid dienone is 4. The number of nitrogens with zero attached hydrogens (tertiary/aromatic N) is 2. The average Bonchev–Trinajstić information content (AvgIpc) is 3.40. The Morgan fingerprint density at radius 1 is 0.592 bits per heavy atom. The van der Waals surface area contributed by atoms with E-state index in [0.717, 1.165) is 140 Å². The molecule has 0 unspecified atom stereocenters. The molecule has 0 bridgehead atoms. The Labute approximate surface area is 468 Å². The standard InChI is InChI=1S/C33H42N2.2C15H24O4Si.Ni/c1-5-9-13-20-28-22-16-18-25-30(28)34-32(24-12-8-4)33(27-15-11-7-3)35-31-26-19-17-23-29(31)21-14-10-6-2;2*1-5-20(6-2,7-3)9-11-8-12(16)14(17)13(10(11)4)15(18)19;/h5-6,9-10,16-19,22-23,25-26H,7-8,11-14,20-21,24H2,1-4H3;2*8,16-17H,5-7,9H2,1-4H3,(H,18,19);/q;;;+2/p-2. The minimum Gasteiger partial charge on any atom is -0.545 e. The van der Waals surface area contributed by atoms with E-state index < -0.39 is 39.6 Å². The zero-order valence-electron chi connectivity index (χ0n) is 47.7. The third kappa shape index (κ3) is 20.4. The quantitative estimate of drug-likeness (QED) is 0.0166. The summed E-state index contributed by atoms with van der Waals surface area (Å²) < 4.78 is 0.